The molecule has 0 heterocycles. The maximum atomic E-state index is 10.9. The van der Waals surface area contributed by atoms with E-state index < -0.39 is 0 Å². The van der Waals surface area contributed by atoms with E-state index in [0.717, 1.165) is 24.9 Å². The number of hydrogen-bond donors (Lipinski definition) is 0. The van der Waals surface area contributed by atoms with E-state index in [9.17, 15) is 4.79 Å². The third kappa shape index (κ3) is 3.48. The Morgan fingerprint density at radius 2 is 2.00 bits per heavy atom. The lowest BCUT2D eigenvalue weighted by molar-refractivity contribution is 0.111. The summed E-state index contributed by atoms with van der Waals surface area (Å²) in [7, 11) is 0. The van der Waals surface area contributed by atoms with Crippen LogP contribution in [0.4, 0.5) is 0 Å². The highest BCUT2D eigenvalue weighted by molar-refractivity contribution is 5.79. The van der Waals surface area contributed by atoms with E-state index in [2.05, 4.69) is 0 Å². The van der Waals surface area contributed by atoms with Crippen LogP contribution in [-0.4, -0.2) is 18.0 Å². The first-order valence-electron chi connectivity index (χ1n) is 5.93. The molecule has 0 spiro atoms. The van der Waals surface area contributed by atoms with Crippen LogP contribution in [0.2, 0.25) is 0 Å². The number of carbonyl (C=O) groups excluding carboxylic acids is 1. The minimum atomic E-state index is -0.250. The summed E-state index contributed by atoms with van der Waals surface area (Å²) in [5, 5.41) is 0. The molecule has 0 radical (unpaired) electrons. The highest BCUT2D eigenvalue weighted by Crippen LogP contribution is 2.32. The molecule has 3 heteroatoms. The Hall–Kier alpha value is -1.51. The first-order chi connectivity index (χ1) is 7.98. The zero-order valence-electron chi connectivity index (χ0n) is 10.5. The molecule has 0 aliphatic heterocycles. The van der Waals surface area contributed by atoms with Crippen molar-refractivity contribution in [3.05, 3.63) is 23.8 Å². The van der Waals surface area contributed by atoms with Crippen LogP contribution in [0.15, 0.2) is 18.2 Å². The van der Waals surface area contributed by atoms with E-state index in [1.165, 1.54) is 0 Å². The van der Waals surface area contributed by atoms with Gasteiger partial charge < -0.3 is 9.47 Å². The largest absolute Gasteiger partial charge is 0.490 e. The molecule has 1 aromatic rings. The van der Waals surface area contributed by atoms with Gasteiger partial charge in [-0.25, -0.2) is 0 Å². The van der Waals surface area contributed by atoms with Crippen molar-refractivity contribution in [1.29, 1.82) is 0 Å². The van der Waals surface area contributed by atoms with E-state index in [4.69, 9.17) is 9.47 Å². The molecule has 1 aliphatic carbocycles. The fourth-order valence-electron chi connectivity index (χ4n) is 1.50. The van der Waals surface area contributed by atoms with Gasteiger partial charge >= 0.3 is 0 Å². The van der Waals surface area contributed by atoms with Gasteiger partial charge in [0.2, 0.25) is 0 Å². The van der Waals surface area contributed by atoms with Crippen molar-refractivity contribution in [2.75, 3.05) is 0 Å². The summed E-state index contributed by atoms with van der Waals surface area (Å²) in [5.74, 6) is 1.36. The van der Waals surface area contributed by atoms with Gasteiger partial charge in [0.25, 0.3) is 0 Å². The molecular weight excluding hydrogens is 216 g/mol. The molecule has 92 valence electrons. The second-order valence-corrected chi connectivity index (χ2v) is 5.35. The molecule has 17 heavy (non-hydrogen) atoms. The normalized spacial score (nSPS) is 15.5. The number of carbonyl (C=O) groups is 1. The fourth-order valence-corrected chi connectivity index (χ4v) is 1.50. The van der Waals surface area contributed by atoms with Gasteiger partial charge in [-0.2, -0.15) is 0 Å². The molecule has 1 aromatic carbocycles. The van der Waals surface area contributed by atoms with Gasteiger partial charge in [-0.15, -0.1) is 0 Å². The van der Waals surface area contributed by atoms with Gasteiger partial charge in [0.15, 0.2) is 6.29 Å². The van der Waals surface area contributed by atoms with Crippen LogP contribution in [0.5, 0.6) is 11.5 Å². The molecule has 1 aliphatic rings. The van der Waals surface area contributed by atoms with Gasteiger partial charge in [0.1, 0.15) is 17.1 Å². The molecule has 1 fully saturated rings. The highest BCUT2D eigenvalue weighted by atomic mass is 16.5. The lowest BCUT2D eigenvalue weighted by Crippen LogP contribution is -2.23. The third-order valence-corrected chi connectivity index (χ3v) is 2.35. The Morgan fingerprint density at radius 3 is 2.53 bits per heavy atom. The average molecular weight is 234 g/mol. The SMILES string of the molecule is CC(C)(C)Oc1ccc(C=O)c(OC2CC2)c1. The third-order valence-electron chi connectivity index (χ3n) is 2.35. The monoisotopic (exact) mass is 234 g/mol. The van der Waals surface area contributed by atoms with Crippen molar-refractivity contribution in [1.82, 2.24) is 0 Å². The maximum Gasteiger partial charge on any atom is 0.153 e. The first kappa shape index (κ1) is 12.0. The van der Waals surface area contributed by atoms with Crippen molar-refractivity contribution in [3.63, 3.8) is 0 Å². The van der Waals surface area contributed by atoms with E-state index in [-0.39, 0.29) is 11.7 Å². The number of rotatable bonds is 4. The molecule has 0 unspecified atom stereocenters. The van der Waals surface area contributed by atoms with E-state index >= 15 is 0 Å². The predicted octanol–water partition coefficient (Wildman–Crippen LogP) is 3.22. The van der Waals surface area contributed by atoms with Crippen LogP contribution >= 0.6 is 0 Å². The van der Waals surface area contributed by atoms with Crippen LogP contribution in [0.3, 0.4) is 0 Å². The zero-order valence-corrected chi connectivity index (χ0v) is 10.5. The molecular formula is C14H18O3. The van der Waals surface area contributed by atoms with E-state index in [0.29, 0.717) is 11.3 Å². The van der Waals surface area contributed by atoms with Crippen molar-refractivity contribution in [2.24, 2.45) is 0 Å². The maximum absolute atomic E-state index is 10.9. The fraction of sp³-hybridized carbons (Fsp3) is 0.500. The molecule has 3 nitrogen and oxygen atoms in total. The molecule has 2 rings (SSSR count). The zero-order chi connectivity index (χ0) is 12.5. The Bertz CT molecular complexity index is 414. The predicted molar refractivity (Wildman–Crippen MR) is 65.9 cm³/mol. The summed E-state index contributed by atoms with van der Waals surface area (Å²) in [4.78, 5) is 10.9. The lowest BCUT2D eigenvalue weighted by Gasteiger charge is -2.22. The second kappa shape index (κ2) is 4.40. The quantitative estimate of drug-likeness (QED) is 0.750. The number of benzene rings is 1. The molecule has 0 atom stereocenters. The summed E-state index contributed by atoms with van der Waals surface area (Å²) in [6.07, 6.45) is 3.24. The van der Waals surface area contributed by atoms with Gasteiger partial charge in [-0.3, -0.25) is 4.79 Å². The minimum Gasteiger partial charge on any atom is -0.490 e. The smallest absolute Gasteiger partial charge is 0.153 e. The van der Waals surface area contributed by atoms with Gasteiger partial charge in [0, 0.05) is 6.07 Å². The topological polar surface area (TPSA) is 35.5 Å². The summed E-state index contributed by atoms with van der Waals surface area (Å²) in [6, 6.07) is 5.34. The molecule has 0 aromatic heterocycles. The number of aldehydes is 1. The van der Waals surface area contributed by atoms with Crippen molar-refractivity contribution >= 4 is 6.29 Å². The molecule has 0 bridgehead atoms. The lowest BCUT2D eigenvalue weighted by atomic mass is 10.1. The Kier molecular flexibility index (Phi) is 3.09. The van der Waals surface area contributed by atoms with Crippen LogP contribution < -0.4 is 9.47 Å². The molecule has 0 saturated heterocycles. The van der Waals surface area contributed by atoms with E-state index in [1.807, 2.05) is 20.8 Å². The number of ether oxygens (including phenoxy) is 2. The van der Waals surface area contributed by atoms with Crippen molar-refractivity contribution in [2.45, 2.75) is 45.3 Å². The Labute approximate surface area is 102 Å². The summed E-state index contributed by atoms with van der Waals surface area (Å²) in [5.41, 5.74) is 0.331. The van der Waals surface area contributed by atoms with Gasteiger partial charge in [-0.1, -0.05) is 0 Å². The van der Waals surface area contributed by atoms with Gasteiger partial charge in [-0.05, 0) is 45.7 Å². The molecule has 1 saturated carbocycles. The first-order valence-corrected chi connectivity index (χ1v) is 5.93. The Balaban J connectivity index is 2.20. The number of hydrogen-bond acceptors (Lipinski definition) is 3. The average Bonchev–Trinajstić information content (AvgIpc) is 3.00. The molecule has 0 N–H and O–H groups in total. The van der Waals surface area contributed by atoms with Crippen LogP contribution in [0.25, 0.3) is 0 Å². The summed E-state index contributed by atoms with van der Waals surface area (Å²) in [6.45, 7) is 5.96. The standard InChI is InChI=1S/C14H18O3/c1-14(2,3)17-12-5-4-10(9-15)13(8-12)16-11-6-7-11/h4-5,8-9,11H,6-7H2,1-3H3. The highest BCUT2D eigenvalue weighted by Gasteiger charge is 2.25. The van der Waals surface area contributed by atoms with Gasteiger partial charge in [0.05, 0.1) is 11.7 Å². The van der Waals surface area contributed by atoms with Crippen molar-refractivity contribution in [3.8, 4) is 11.5 Å². The van der Waals surface area contributed by atoms with Crippen LogP contribution in [-0.2, 0) is 0 Å². The van der Waals surface area contributed by atoms with Crippen molar-refractivity contribution < 1.29 is 14.3 Å². The second-order valence-electron chi connectivity index (χ2n) is 5.35. The van der Waals surface area contributed by atoms with E-state index in [1.54, 1.807) is 18.2 Å². The summed E-state index contributed by atoms with van der Waals surface area (Å²) >= 11 is 0. The summed E-state index contributed by atoms with van der Waals surface area (Å²) < 4.78 is 11.4. The minimum absolute atomic E-state index is 0.250. The van der Waals surface area contributed by atoms with Crippen LogP contribution in [0, 0.1) is 0 Å². The molecule has 0 amide bonds. The Morgan fingerprint density at radius 1 is 1.29 bits per heavy atom. The van der Waals surface area contributed by atoms with Crippen LogP contribution in [0.1, 0.15) is 44.0 Å².